The van der Waals surface area contributed by atoms with E-state index in [1.807, 2.05) is 0 Å². The van der Waals surface area contributed by atoms with E-state index in [9.17, 15) is 14.4 Å². The summed E-state index contributed by atoms with van der Waals surface area (Å²) in [6.07, 6.45) is 88.8. The number of allylic oxidation sites excluding steroid dienone is 14. The van der Waals surface area contributed by atoms with Gasteiger partial charge in [-0.1, -0.05) is 292 Å². The molecule has 79 heavy (non-hydrogen) atoms. The summed E-state index contributed by atoms with van der Waals surface area (Å²) >= 11 is 0. The zero-order valence-electron chi connectivity index (χ0n) is 52.4. The highest BCUT2D eigenvalue weighted by molar-refractivity contribution is 5.71. The number of rotatable bonds is 62. The fourth-order valence-electron chi connectivity index (χ4n) is 9.70. The van der Waals surface area contributed by atoms with Gasteiger partial charge in [0.05, 0.1) is 0 Å². The van der Waals surface area contributed by atoms with Gasteiger partial charge in [0.2, 0.25) is 0 Å². The van der Waals surface area contributed by atoms with Gasteiger partial charge in [-0.25, -0.2) is 0 Å². The highest BCUT2D eigenvalue weighted by Crippen LogP contribution is 2.17. The number of carbonyl (C=O) groups is 3. The van der Waals surface area contributed by atoms with Gasteiger partial charge in [-0.3, -0.25) is 14.4 Å². The highest BCUT2D eigenvalue weighted by Gasteiger charge is 2.19. The first-order valence-corrected chi connectivity index (χ1v) is 34.1. The summed E-state index contributed by atoms with van der Waals surface area (Å²) in [5.41, 5.74) is 0. The molecule has 0 aromatic carbocycles. The average Bonchev–Trinajstić information content (AvgIpc) is 3.45. The fraction of sp³-hybridized carbons (Fsp3) is 0.767. The second-order valence-corrected chi connectivity index (χ2v) is 22.7. The van der Waals surface area contributed by atoms with Crippen molar-refractivity contribution in [2.75, 3.05) is 13.2 Å². The van der Waals surface area contributed by atoms with Crippen LogP contribution in [-0.2, 0) is 28.6 Å². The van der Waals surface area contributed by atoms with Crippen molar-refractivity contribution >= 4 is 17.9 Å². The van der Waals surface area contributed by atoms with E-state index in [2.05, 4.69) is 106 Å². The largest absolute Gasteiger partial charge is 0.462 e. The van der Waals surface area contributed by atoms with Crippen LogP contribution in [-0.4, -0.2) is 37.2 Å². The minimum atomic E-state index is -0.787. The molecule has 0 amide bonds. The van der Waals surface area contributed by atoms with Crippen LogP contribution >= 0.6 is 0 Å². The first kappa shape index (κ1) is 75.6. The SMILES string of the molecule is CCC/C=C\C/C=C\CCCCCCCC(=O)OCC(COC(=O)CCCCCCCCCCCC/C=C\C/C=C\C/C=C\CCCCCCC)OC(=O)CCCCCCCCCCCCC/C=C\C/C=C\CCCCCCC. The fourth-order valence-corrected chi connectivity index (χ4v) is 9.70. The minimum Gasteiger partial charge on any atom is -0.462 e. The molecule has 1 atom stereocenters. The van der Waals surface area contributed by atoms with E-state index in [1.165, 1.54) is 199 Å². The molecule has 1 unspecified atom stereocenters. The Morgan fingerprint density at radius 3 is 0.759 bits per heavy atom. The molecule has 456 valence electrons. The molecule has 6 nitrogen and oxygen atoms in total. The summed E-state index contributed by atoms with van der Waals surface area (Å²) in [4.78, 5) is 38.4. The maximum atomic E-state index is 12.9. The topological polar surface area (TPSA) is 78.9 Å². The predicted molar refractivity (Wildman–Crippen MR) is 344 cm³/mol. The van der Waals surface area contributed by atoms with Crippen LogP contribution in [0.1, 0.15) is 342 Å². The van der Waals surface area contributed by atoms with E-state index in [0.717, 1.165) is 103 Å². The lowest BCUT2D eigenvalue weighted by atomic mass is 10.0. The second kappa shape index (κ2) is 67.1. The number of ether oxygens (including phenoxy) is 3. The number of hydrogen-bond acceptors (Lipinski definition) is 6. The third kappa shape index (κ3) is 65.3. The van der Waals surface area contributed by atoms with E-state index < -0.39 is 6.10 Å². The third-order valence-electron chi connectivity index (χ3n) is 14.8. The van der Waals surface area contributed by atoms with E-state index in [4.69, 9.17) is 14.2 Å². The molecule has 0 bridgehead atoms. The van der Waals surface area contributed by atoms with Crippen LogP contribution in [0, 0.1) is 0 Å². The first-order valence-electron chi connectivity index (χ1n) is 34.1. The van der Waals surface area contributed by atoms with Gasteiger partial charge < -0.3 is 14.2 Å². The predicted octanol–water partition coefficient (Wildman–Crippen LogP) is 23.4. The normalized spacial score (nSPS) is 12.6. The smallest absolute Gasteiger partial charge is 0.306 e. The summed E-state index contributed by atoms with van der Waals surface area (Å²) in [6, 6.07) is 0. The molecule has 0 saturated carbocycles. The van der Waals surface area contributed by atoms with Gasteiger partial charge in [-0.2, -0.15) is 0 Å². The third-order valence-corrected chi connectivity index (χ3v) is 14.8. The van der Waals surface area contributed by atoms with E-state index in [0.29, 0.717) is 19.3 Å². The first-order chi connectivity index (χ1) is 39.0. The zero-order valence-corrected chi connectivity index (χ0v) is 52.4. The van der Waals surface area contributed by atoms with Crippen molar-refractivity contribution in [3.63, 3.8) is 0 Å². The molecular weight excluding hydrogens is 973 g/mol. The maximum absolute atomic E-state index is 12.9. The Morgan fingerprint density at radius 1 is 0.253 bits per heavy atom. The van der Waals surface area contributed by atoms with Crippen molar-refractivity contribution in [2.45, 2.75) is 348 Å². The van der Waals surface area contributed by atoms with Crippen molar-refractivity contribution < 1.29 is 28.6 Å². The quantitative estimate of drug-likeness (QED) is 0.0261. The Kier molecular flexibility index (Phi) is 64.2. The monoisotopic (exact) mass is 1100 g/mol. The molecule has 0 aliphatic rings. The van der Waals surface area contributed by atoms with E-state index in [-0.39, 0.29) is 31.1 Å². The van der Waals surface area contributed by atoms with Gasteiger partial charge in [0, 0.05) is 19.3 Å². The van der Waals surface area contributed by atoms with Crippen LogP contribution in [0.25, 0.3) is 0 Å². The van der Waals surface area contributed by atoms with Crippen molar-refractivity contribution in [1.29, 1.82) is 0 Å². The number of esters is 3. The summed E-state index contributed by atoms with van der Waals surface area (Å²) < 4.78 is 16.9. The number of hydrogen-bond donors (Lipinski definition) is 0. The van der Waals surface area contributed by atoms with Crippen molar-refractivity contribution in [3.8, 4) is 0 Å². The Bertz CT molecular complexity index is 1500. The highest BCUT2D eigenvalue weighted by atomic mass is 16.6. The number of carbonyl (C=O) groups excluding carboxylic acids is 3. The number of unbranched alkanes of at least 4 members (excludes halogenated alkanes) is 37. The Balaban J connectivity index is 4.31. The van der Waals surface area contributed by atoms with Gasteiger partial charge in [0.25, 0.3) is 0 Å². The van der Waals surface area contributed by atoms with Gasteiger partial charge in [-0.15, -0.1) is 0 Å². The molecule has 0 spiro atoms. The molecule has 0 aliphatic heterocycles. The van der Waals surface area contributed by atoms with Crippen LogP contribution < -0.4 is 0 Å². The molecule has 0 heterocycles. The Labute approximate surface area is 490 Å². The lowest BCUT2D eigenvalue weighted by Crippen LogP contribution is -2.30. The van der Waals surface area contributed by atoms with Crippen LogP contribution in [0.2, 0.25) is 0 Å². The lowest BCUT2D eigenvalue weighted by molar-refractivity contribution is -0.167. The van der Waals surface area contributed by atoms with Gasteiger partial charge >= 0.3 is 17.9 Å². The molecule has 0 rings (SSSR count). The molecular formula is C73H128O6. The molecule has 0 aliphatic carbocycles. The van der Waals surface area contributed by atoms with E-state index >= 15 is 0 Å². The minimum absolute atomic E-state index is 0.0827. The summed E-state index contributed by atoms with van der Waals surface area (Å²) in [5, 5.41) is 0. The van der Waals surface area contributed by atoms with Gasteiger partial charge in [0.1, 0.15) is 13.2 Å². The van der Waals surface area contributed by atoms with Gasteiger partial charge in [-0.05, 0) is 116 Å². The molecule has 6 heteroatoms. The molecule has 0 fully saturated rings. The maximum Gasteiger partial charge on any atom is 0.306 e. The standard InChI is InChI=1S/C73H128O6/c1-4-7-10-13-16-19-22-25-27-29-31-33-35-36-38-39-41-43-45-48-51-54-57-60-63-66-72(75)78-69-70(68-77-71(74)65-62-59-56-53-50-47-24-21-18-15-12-9-6-3)79-73(76)67-64-61-58-55-52-49-46-44-42-40-37-34-32-30-28-26-23-20-17-14-11-8-5-2/h12,15,21-26,29-32,35-36,70H,4-11,13-14,16-20,27-28,33-34,37-69H2,1-3H3/b15-12-,24-21-,25-22-,26-23-,31-29-,32-30-,36-35-. The van der Waals surface area contributed by atoms with Crippen molar-refractivity contribution in [3.05, 3.63) is 85.1 Å². The van der Waals surface area contributed by atoms with Gasteiger partial charge in [0.15, 0.2) is 6.10 Å². The lowest BCUT2D eigenvalue weighted by Gasteiger charge is -2.18. The van der Waals surface area contributed by atoms with Crippen LogP contribution in [0.15, 0.2) is 85.1 Å². The molecule has 0 aromatic heterocycles. The summed E-state index contributed by atoms with van der Waals surface area (Å²) in [7, 11) is 0. The second-order valence-electron chi connectivity index (χ2n) is 22.7. The molecule has 0 aromatic rings. The van der Waals surface area contributed by atoms with E-state index in [1.54, 1.807) is 0 Å². The molecule has 0 saturated heterocycles. The average molecular weight is 1100 g/mol. The summed E-state index contributed by atoms with van der Waals surface area (Å²) in [5.74, 6) is -0.889. The van der Waals surface area contributed by atoms with Crippen molar-refractivity contribution in [2.24, 2.45) is 0 Å². The van der Waals surface area contributed by atoms with Crippen LogP contribution in [0.5, 0.6) is 0 Å². The molecule has 0 N–H and O–H groups in total. The van der Waals surface area contributed by atoms with Crippen molar-refractivity contribution in [1.82, 2.24) is 0 Å². The summed E-state index contributed by atoms with van der Waals surface area (Å²) in [6.45, 7) is 6.57. The zero-order chi connectivity index (χ0) is 57.1. The molecule has 0 radical (unpaired) electrons. The van der Waals surface area contributed by atoms with Crippen LogP contribution in [0.3, 0.4) is 0 Å². The Hall–Kier alpha value is -3.41. The van der Waals surface area contributed by atoms with Crippen LogP contribution in [0.4, 0.5) is 0 Å². The Morgan fingerprint density at radius 2 is 0.481 bits per heavy atom.